The van der Waals surface area contributed by atoms with Crippen molar-refractivity contribution in [1.82, 2.24) is 25.2 Å². The first kappa shape index (κ1) is 30.9. The van der Waals surface area contributed by atoms with E-state index in [1.165, 1.54) is 31.4 Å². The Morgan fingerprint density at radius 2 is 1.75 bits per heavy atom. The van der Waals surface area contributed by atoms with Crippen LogP contribution in [-0.2, 0) is 0 Å². The summed E-state index contributed by atoms with van der Waals surface area (Å²) >= 11 is 0. The summed E-state index contributed by atoms with van der Waals surface area (Å²) in [5.74, 6) is 1.08. The van der Waals surface area contributed by atoms with E-state index >= 15 is 4.39 Å². The lowest BCUT2D eigenvalue weighted by Gasteiger charge is -2.34. The second-order valence-corrected chi connectivity index (χ2v) is 13.6. The molecule has 2 aromatic carbocycles. The topological polar surface area (TPSA) is 95.9 Å². The molecule has 5 heterocycles. The van der Waals surface area contributed by atoms with E-state index in [1.54, 1.807) is 4.90 Å². The van der Waals surface area contributed by atoms with Crippen molar-refractivity contribution in [3.63, 3.8) is 0 Å². The predicted molar refractivity (Wildman–Crippen MR) is 172 cm³/mol. The number of terminal acetylenes is 1. The standard InChI is InChI=1S/C35H34F4N6O3/c1-3-22-24(36)7-4-18-10-21(46)11-23(27(18)22)30-29(39)31-28(33(41-30)47-2)32(45-12-19-5-6-20(13-45)40-19)43-34(42-31)48-17-35(8-9-35)16-44-14-25(37)26(38)15-44/h1,4,7,10-11,19-20,25-26,40,46H,5-6,8-9,12-17H2,2H3. The molecule has 2 N–H and O–H groups in total. The van der Waals surface area contributed by atoms with E-state index in [1.807, 2.05) is 0 Å². The number of pyridine rings is 1. The summed E-state index contributed by atoms with van der Waals surface area (Å²) in [7, 11) is 1.41. The highest BCUT2D eigenvalue weighted by atomic mass is 19.2. The Morgan fingerprint density at radius 1 is 1.02 bits per heavy atom. The molecule has 3 saturated heterocycles. The molecule has 250 valence electrons. The Kier molecular flexibility index (Phi) is 7.49. The van der Waals surface area contributed by atoms with E-state index in [-0.39, 0.29) is 87.9 Å². The molecule has 4 unspecified atom stereocenters. The number of fused-ring (bicyclic) bond motifs is 4. The Morgan fingerprint density at radius 3 is 2.42 bits per heavy atom. The summed E-state index contributed by atoms with van der Waals surface area (Å²) in [4.78, 5) is 17.7. The van der Waals surface area contributed by atoms with Crippen molar-refractivity contribution < 1.29 is 32.1 Å². The Labute approximate surface area is 274 Å². The van der Waals surface area contributed by atoms with Crippen LogP contribution in [-0.4, -0.2) is 95.8 Å². The maximum atomic E-state index is 17.0. The highest BCUT2D eigenvalue weighted by Gasteiger charge is 2.47. The number of aromatic nitrogens is 3. The number of ether oxygens (including phenoxy) is 2. The number of nitrogens with zero attached hydrogens (tertiary/aromatic N) is 5. The first-order valence-electron chi connectivity index (χ1n) is 16.2. The van der Waals surface area contributed by atoms with Gasteiger partial charge in [0, 0.05) is 61.2 Å². The van der Waals surface area contributed by atoms with Crippen LogP contribution in [0.2, 0.25) is 0 Å². The largest absolute Gasteiger partial charge is 0.508 e. The van der Waals surface area contributed by atoms with Gasteiger partial charge in [0.05, 0.1) is 19.3 Å². The molecule has 2 aromatic heterocycles. The van der Waals surface area contributed by atoms with Crippen LogP contribution in [0.15, 0.2) is 24.3 Å². The number of aromatic hydroxyl groups is 1. The molecular weight excluding hydrogens is 628 g/mol. The van der Waals surface area contributed by atoms with Gasteiger partial charge in [-0.05, 0) is 49.3 Å². The lowest BCUT2D eigenvalue weighted by atomic mass is 9.95. The van der Waals surface area contributed by atoms with Crippen LogP contribution in [0.25, 0.3) is 32.9 Å². The second-order valence-electron chi connectivity index (χ2n) is 13.6. The van der Waals surface area contributed by atoms with Crippen molar-refractivity contribution in [1.29, 1.82) is 0 Å². The van der Waals surface area contributed by atoms with Gasteiger partial charge in [-0.15, -0.1) is 6.42 Å². The fourth-order valence-electron chi connectivity index (χ4n) is 7.59. The average Bonchev–Trinajstić information content (AvgIpc) is 3.65. The van der Waals surface area contributed by atoms with Crippen molar-refractivity contribution in [3.8, 4) is 41.2 Å². The van der Waals surface area contributed by atoms with Crippen LogP contribution in [0.1, 0.15) is 31.2 Å². The van der Waals surface area contributed by atoms with Crippen molar-refractivity contribution in [2.45, 2.75) is 50.1 Å². The van der Waals surface area contributed by atoms with E-state index in [2.05, 4.69) is 26.1 Å². The minimum atomic E-state index is -1.50. The molecule has 1 saturated carbocycles. The summed E-state index contributed by atoms with van der Waals surface area (Å²) in [5, 5.41) is 15.0. The smallest absolute Gasteiger partial charge is 0.319 e. The second kappa shape index (κ2) is 11.6. The van der Waals surface area contributed by atoms with E-state index < -0.39 is 24.0 Å². The highest BCUT2D eigenvalue weighted by molar-refractivity contribution is 6.04. The molecule has 0 radical (unpaired) electrons. The van der Waals surface area contributed by atoms with E-state index in [0.29, 0.717) is 30.8 Å². The average molecular weight is 663 g/mol. The summed E-state index contributed by atoms with van der Waals surface area (Å²) in [6.07, 6.45) is 6.32. The third-order valence-electron chi connectivity index (χ3n) is 10.2. The maximum absolute atomic E-state index is 17.0. The minimum absolute atomic E-state index is 0.0400. The number of likely N-dealkylation sites (tertiary alicyclic amines) is 1. The van der Waals surface area contributed by atoms with Crippen LogP contribution in [0.4, 0.5) is 23.4 Å². The number of phenols is 1. The Bertz CT molecular complexity index is 1960. The molecule has 48 heavy (non-hydrogen) atoms. The first-order chi connectivity index (χ1) is 23.1. The number of phenolic OH excluding ortho intramolecular Hbond substituents is 1. The van der Waals surface area contributed by atoms with Gasteiger partial charge in [-0.25, -0.2) is 22.5 Å². The quantitative estimate of drug-likeness (QED) is 0.202. The van der Waals surface area contributed by atoms with E-state index in [0.717, 1.165) is 25.7 Å². The lowest BCUT2D eigenvalue weighted by molar-refractivity contribution is 0.164. The van der Waals surface area contributed by atoms with Crippen molar-refractivity contribution >= 4 is 27.5 Å². The minimum Gasteiger partial charge on any atom is -0.508 e. The number of anilines is 1. The molecule has 4 aliphatic rings. The number of nitrogens with one attached hydrogen (secondary N) is 1. The number of alkyl halides is 2. The summed E-state index contributed by atoms with van der Waals surface area (Å²) in [6.45, 7) is 1.98. The molecule has 4 atom stereocenters. The van der Waals surface area contributed by atoms with Crippen LogP contribution in [0, 0.1) is 29.4 Å². The number of benzene rings is 2. The third kappa shape index (κ3) is 5.31. The van der Waals surface area contributed by atoms with Gasteiger partial charge in [-0.3, -0.25) is 4.90 Å². The van der Waals surface area contributed by atoms with Gasteiger partial charge in [-0.2, -0.15) is 9.97 Å². The van der Waals surface area contributed by atoms with Crippen LogP contribution >= 0.6 is 0 Å². The number of halogens is 4. The molecule has 3 aliphatic heterocycles. The Balaban J connectivity index is 1.26. The molecule has 0 spiro atoms. The SMILES string of the molecule is C#Cc1c(F)ccc2cc(O)cc(-c3nc(OC)c4c(N5CC6CCC(C5)N6)nc(OCC5(CN6CC(F)C(F)C6)CC5)nc4c3F)c12. The van der Waals surface area contributed by atoms with Crippen molar-refractivity contribution in [2.24, 2.45) is 5.41 Å². The summed E-state index contributed by atoms with van der Waals surface area (Å²) < 4.78 is 71.6. The highest BCUT2D eigenvalue weighted by Crippen LogP contribution is 2.48. The van der Waals surface area contributed by atoms with Crippen LogP contribution < -0.4 is 19.7 Å². The lowest BCUT2D eigenvalue weighted by Crippen LogP contribution is -2.51. The molecule has 13 heteroatoms. The van der Waals surface area contributed by atoms with E-state index in [4.69, 9.17) is 20.9 Å². The zero-order valence-electron chi connectivity index (χ0n) is 26.3. The van der Waals surface area contributed by atoms with Gasteiger partial charge in [-0.1, -0.05) is 12.0 Å². The molecular formula is C35H34F4N6O3. The fourth-order valence-corrected chi connectivity index (χ4v) is 7.59. The molecule has 8 rings (SSSR count). The predicted octanol–water partition coefficient (Wildman–Crippen LogP) is 4.91. The van der Waals surface area contributed by atoms with Crippen LogP contribution in [0.3, 0.4) is 0 Å². The number of hydrogen-bond donors (Lipinski definition) is 2. The zero-order valence-corrected chi connectivity index (χ0v) is 26.3. The van der Waals surface area contributed by atoms with Gasteiger partial charge < -0.3 is 24.8 Å². The van der Waals surface area contributed by atoms with Gasteiger partial charge in [0.1, 0.15) is 46.3 Å². The van der Waals surface area contributed by atoms with E-state index in [9.17, 15) is 18.3 Å². The fraction of sp³-hybridized carbons (Fsp3) is 0.457. The summed E-state index contributed by atoms with van der Waals surface area (Å²) in [6, 6.07) is 5.74. The number of hydrogen-bond acceptors (Lipinski definition) is 9. The number of rotatable bonds is 8. The number of piperazine rings is 1. The van der Waals surface area contributed by atoms with Crippen LogP contribution in [0.5, 0.6) is 17.6 Å². The Hall–Kier alpha value is -4.41. The molecule has 0 amide bonds. The molecule has 4 aromatic rings. The van der Waals surface area contributed by atoms with Gasteiger partial charge >= 0.3 is 6.01 Å². The maximum Gasteiger partial charge on any atom is 0.319 e. The molecule has 9 nitrogen and oxygen atoms in total. The van der Waals surface area contributed by atoms with Gasteiger partial charge in [0.15, 0.2) is 5.82 Å². The first-order valence-corrected chi connectivity index (χ1v) is 16.2. The third-order valence-corrected chi connectivity index (χ3v) is 10.2. The van der Waals surface area contributed by atoms with Crippen molar-refractivity contribution in [3.05, 3.63) is 41.5 Å². The van der Waals surface area contributed by atoms with Gasteiger partial charge in [0.25, 0.3) is 0 Å². The molecule has 1 aliphatic carbocycles. The normalized spacial score (nSPS) is 24.7. The zero-order chi connectivity index (χ0) is 33.3. The molecule has 2 bridgehead atoms. The molecule has 4 fully saturated rings. The summed E-state index contributed by atoms with van der Waals surface area (Å²) in [5.41, 5.74) is -0.711. The van der Waals surface area contributed by atoms with Crippen molar-refractivity contribution in [2.75, 3.05) is 51.3 Å². The number of methoxy groups -OCH3 is 1. The van der Waals surface area contributed by atoms with Gasteiger partial charge in [0.2, 0.25) is 5.88 Å². The monoisotopic (exact) mass is 662 g/mol.